The Hall–Kier alpha value is -1.95. The Morgan fingerprint density at radius 3 is 2.84 bits per heavy atom. The minimum Gasteiger partial charge on any atom is -0.325 e. The van der Waals surface area contributed by atoms with Crippen LogP contribution >= 0.6 is 11.8 Å². The van der Waals surface area contributed by atoms with Crippen LogP contribution in [0.25, 0.3) is 0 Å². The first-order valence-electron chi connectivity index (χ1n) is 8.87. The van der Waals surface area contributed by atoms with E-state index in [4.69, 9.17) is 0 Å². The first kappa shape index (κ1) is 17.9. The standard InChI is InChI=1S/C19H23N3O2S/c1-2-3-5-13-8-10-14(11-9-13)20-17(23)12-25-18-15-6-4-7-16(15)21-19(24)22-18/h8-11,15H,2-7,12H2,1H3,(H,20,23). The molecule has 0 aromatic heterocycles. The molecular weight excluding hydrogens is 334 g/mol. The molecular formula is C19H23N3O2S. The van der Waals surface area contributed by atoms with E-state index in [0.717, 1.165) is 42.1 Å². The Labute approximate surface area is 152 Å². The van der Waals surface area contributed by atoms with Crippen molar-refractivity contribution >= 4 is 40.1 Å². The van der Waals surface area contributed by atoms with E-state index in [1.807, 2.05) is 12.1 Å². The lowest BCUT2D eigenvalue weighted by Gasteiger charge is -2.16. The Kier molecular flexibility index (Phi) is 6.02. The van der Waals surface area contributed by atoms with Gasteiger partial charge in [0.15, 0.2) is 0 Å². The number of nitrogens with zero attached hydrogens (tertiary/aromatic N) is 2. The van der Waals surface area contributed by atoms with Crippen molar-refractivity contribution in [2.24, 2.45) is 15.9 Å². The molecule has 6 heteroatoms. The number of urea groups is 1. The molecule has 5 nitrogen and oxygen atoms in total. The van der Waals surface area contributed by atoms with Crippen molar-refractivity contribution in [3.05, 3.63) is 29.8 Å². The molecule has 1 N–H and O–H groups in total. The molecule has 0 spiro atoms. The molecule has 132 valence electrons. The van der Waals surface area contributed by atoms with Crippen LogP contribution in [-0.4, -0.2) is 28.4 Å². The number of amides is 3. The summed E-state index contributed by atoms with van der Waals surface area (Å²) >= 11 is 1.36. The van der Waals surface area contributed by atoms with Gasteiger partial charge in [0, 0.05) is 17.3 Å². The van der Waals surface area contributed by atoms with Gasteiger partial charge in [-0.3, -0.25) is 4.79 Å². The third-order valence-corrected chi connectivity index (χ3v) is 5.56. The Morgan fingerprint density at radius 1 is 1.28 bits per heavy atom. The van der Waals surface area contributed by atoms with Gasteiger partial charge in [0.25, 0.3) is 0 Å². The number of hydrogen-bond acceptors (Lipinski definition) is 3. The van der Waals surface area contributed by atoms with Gasteiger partial charge in [-0.15, -0.1) is 0 Å². The van der Waals surface area contributed by atoms with Crippen molar-refractivity contribution in [3.8, 4) is 0 Å². The first-order valence-corrected chi connectivity index (χ1v) is 9.86. The maximum absolute atomic E-state index is 12.2. The number of anilines is 1. The molecule has 1 unspecified atom stereocenters. The summed E-state index contributed by atoms with van der Waals surface area (Å²) < 4.78 is 0. The van der Waals surface area contributed by atoms with Gasteiger partial charge in [-0.1, -0.05) is 37.2 Å². The topological polar surface area (TPSA) is 70.9 Å². The molecule has 0 saturated heterocycles. The molecule has 1 fully saturated rings. The Bertz CT molecular complexity index is 710. The van der Waals surface area contributed by atoms with Gasteiger partial charge in [0.2, 0.25) is 5.91 Å². The monoisotopic (exact) mass is 357 g/mol. The second kappa shape index (κ2) is 8.43. The highest BCUT2D eigenvalue weighted by Crippen LogP contribution is 2.31. The zero-order valence-electron chi connectivity index (χ0n) is 14.5. The average molecular weight is 357 g/mol. The lowest BCUT2D eigenvalue weighted by Crippen LogP contribution is -2.24. The number of unbranched alkanes of at least 4 members (excludes halogenated alkanes) is 1. The van der Waals surface area contributed by atoms with Crippen LogP contribution in [0.1, 0.15) is 44.6 Å². The van der Waals surface area contributed by atoms with Crippen molar-refractivity contribution in [2.75, 3.05) is 11.1 Å². The van der Waals surface area contributed by atoms with Crippen molar-refractivity contribution in [2.45, 2.75) is 45.4 Å². The van der Waals surface area contributed by atoms with Gasteiger partial charge in [0.1, 0.15) is 0 Å². The number of rotatable bonds is 6. The smallest absolute Gasteiger partial charge is 0.325 e. The van der Waals surface area contributed by atoms with E-state index in [1.165, 1.54) is 30.2 Å². The number of carbonyl (C=O) groups excluding carboxylic acids is 2. The number of aryl methyl sites for hydroxylation is 1. The van der Waals surface area contributed by atoms with Crippen LogP contribution < -0.4 is 5.32 Å². The van der Waals surface area contributed by atoms with Crippen LogP contribution in [0.4, 0.5) is 10.5 Å². The van der Waals surface area contributed by atoms with Crippen LogP contribution in [-0.2, 0) is 11.2 Å². The molecule has 3 rings (SSSR count). The maximum atomic E-state index is 12.2. The fourth-order valence-electron chi connectivity index (χ4n) is 3.15. The zero-order chi connectivity index (χ0) is 17.6. The molecule has 25 heavy (non-hydrogen) atoms. The summed E-state index contributed by atoms with van der Waals surface area (Å²) in [7, 11) is 0. The summed E-state index contributed by atoms with van der Waals surface area (Å²) in [5.74, 6) is 0.324. The van der Waals surface area contributed by atoms with Crippen molar-refractivity contribution in [1.82, 2.24) is 0 Å². The maximum Gasteiger partial charge on any atom is 0.367 e. The zero-order valence-corrected chi connectivity index (χ0v) is 15.3. The van der Waals surface area contributed by atoms with Gasteiger partial charge < -0.3 is 5.32 Å². The van der Waals surface area contributed by atoms with Crippen LogP contribution in [0.3, 0.4) is 0 Å². The highest BCUT2D eigenvalue weighted by Gasteiger charge is 2.32. The second-order valence-corrected chi connectivity index (χ2v) is 7.41. The number of hydrogen-bond donors (Lipinski definition) is 1. The SMILES string of the molecule is CCCCc1ccc(NC(=O)CSC2=NC(=O)N=C3CCCC32)cc1. The average Bonchev–Trinajstić information content (AvgIpc) is 3.07. The molecule has 1 aromatic rings. The van der Waals surface area contributed by atoms with Crippen molar-refractivity contribution in [3.63, 3.8) is 0 Å². The first-order chi connectivity index (χ1) is 12.2. The van der Waals surface area contributed by atoms with Gasteiger partial charge in [-0.05, 0) is 49.8 Å². The number of benzene rings is 1. The summed E-state index contributed by atoms with van der Waals surface area (Å²) in [5.41, 5.74) is 3.03. The van der Waals surface area contributed by atoms with E-state index < -0.39 is 6.03 Å². The quantitative estimate of drug-likeness (QED) is 0.816. The minimum absolute atomic E-state index is 0.0801. The predicted molar refractivity (Wildman–Crippen MR) is 104 cm³/mol. The fraction of sp³-hybridized carbons (Fsp3) is 0.474. The van der Waals surface area contributed by atoms with E-state index in [-0.39, 0.29) is 17.6 Å². The molecule has 1 atom stereocenters. The van der Waals surface area contributed by atoms with E-state index >= 15 is 0 Å². The Balaban J connectivity index is 1.50. The molecule has 2 aliphatic rings. The van der Waals surface area contributed by atoms with Crippen LogP contribution in [0.15, 0.2) is 34.3 Å². The summed E-state index contributed by atoms with van der Waals surface area (Å²) in [6, 6.07) is 7.57. The number of aliphatic imine (C=N–C) groups is 2. The van der Waals surface area contributed by atoms with E-state index in [0.29, 0.717) is 0 Å². The summed E-state index contributed by atoms with van der Waals surface area (Å²) in [5, 5.41) is 3.65. The predicted octanol–water partition coefficient (Wildman–Crippen LogP) is 4.47. The largest absolute Gasteiger partial charge is 0.367 e. The van der Waals surface area contributed by atoms with Gasteiger partial charge in [-0.25, -0.2) is 9.79 Å². The number of fused-ring (bicyclic) bond motifs is 1. The molecule has 1 heterocycles. The molecule has 1 aromatic carbocycles. The molecule has 1 aliphatic carbocycles. The Morgan fingerprint density at radius 2 is 2.08 bits per heavy atom. The number of thioether (sulfide) groups is 1. The van der Waals surface area contributed by atoms with Gasteiger partial charge >= 0.3 is 6.03 Å². The fourth-order valence-corrected chi connectivity index (χ4v) is 4.10. The highest BCUT2D eigenvalue weighted by molar-refractivity contribution is 8.14. The molecule has 3 amide bonds. The van der Waals surface area contributed by atoms with Crippen LogP contribution in [0.2, 0.25) is 0 Å². The third kappa shape index (κ3) is 4.78. The van der Waals surface area contributed by atoms with Crippen molar-refractivity contribution < 1.29 is 9.59 Å². The second-order valence-electron chi connectivity index (χ2n) is 6.42. The van der Waals surface area contributed by atoms with E-state index in [9.17, 15) is 9.59 Å². The molecule has 1 aliphatic heterocycles. The number of carbonyl (C=O) groups is 2. The summed E-state index contributed by atoms with van der Waals surface area (Å²) in [4.78, 5) is 31.8. The molecule has 0 bridgehead atoms. The summed E-state index contributed by atoms with van der Waals surface area (Å²) in [6.07, 6.45) is 6.29. The molecule has 0 radical (unpaired) electrons. The van der Waals surface area contributed by atoms with Crippen molar-refractivity contribution in [1.29, 1.82) is 0 Å². The van der Waals surface area contributed by atoms with E-state index in [2.05, 4.69) is 34.4 Å². The third-order valence-electron chi connectivity index (χ3n) is 4.48. The normalized spacial score (nSPS) is 19.2. The van der Waals surface area contributed by atoms with Gasteiger partial charge in [-0.2, -0.15) is 4.99 Å². The lowest BCUT2D eigenvalue weighted by molar-refractivity contribution is -0.113. The summed E-state index contributed by atoms with van der Waals surface area (Å²) in [6.45, 7) is 2.18. The molecule has 1 saturated carbocycles. The van der Waals surface area contributed by atoms with Crippen LogP contribution in [0, 0.1) is 5.92 Å². The van der Waals surface area contributed by atoms with Gasteiger partial charge in [0.05, 0.1) is 10.8 Å². The van der Waals surface area contributed by atoms with E-state index in [1.54, 1.807) is 0 Å². The number of nitrogens with one attached hydrogen (secondary N) is 1. The van der Waals surface area contributed by atoms with Crippen LogP contribution in [0.5, 0.6) is 0 Å². The minimum atomic E-state index is -0.432. The highest BCUT2D eigenvalue weighted by atomic mass is 32.2. The lowest BCUT2D eigenvalue weighted by atomic mass is 10.1.